The molecule has 5 rings (SSSR count). The third kappa shape index (κ3) is 4.31. The van der Waals surface area contributed by atoms with Gasteiger partial charge in [0, 0.05) is 30.6 Å². The van der Waals surface area contributed by atoms with Crippen LogP contribution in [0.25, 0.3) is 10.9 Å². The Labute approximate surface area is 212 Å². The first-order valence-electron chi connectivity index (χ1n) is 11.7. The highest BCUT2D eigenvalue weighted by atomic mass is 16.4. The van der Waals surface area contributed by atoms with Crippen molar-refractivity contribution in [2.24, 2.45) is 0 Å². The molecule has 1 aliphatic heterocycles. The van der Waals surface area contributed by atoms with E-state index >= 15 is 0 Å². The number of imide groups is 1. The van der Waals surface area contributed by atoms with Crippen LogP contribution in [0.4, 0.5) is 4.79 Å². The van der Waals surface area contributed by atoms with Gasteiger partial charge in [-0.15, -0.1) is 0 Å². The van der Waals surface area contributed by atoms with Gasteiger partial charge < -0.3 is 15.0 Å². The van der Waals surface area contributed by atoms with E-state index in [2.05, 4.69) is 4.98 Å². The minimum atomic E-state index is -1.25. The third-order valence-corrected chi connectivity index (χ3v) is 6.55. The van der Waals surface area contributed by atoms with Gasteiger partial charge in [0.05, 0.1) is 17.7 Å². The van der Waals surface area contributed by atoms with Crippen molar-refractivity contribution in [3.63, 3.8) is 0 Å². The van der Waals surface area contributed by atoms with Crippen molar-refractivity contribution in [1.29, 1.82) is 0 Å². The number of para-hydroxylation sites is 1. The first-order chi connectivity index (χ1) is 17.9. The number of nitrogens with zero attached hydrogens (tertiary/aromatic N) is 3. The van der Waals surface area contributed by atoms with E-state index in [1.165, 1.54) is 19.2 Å². The number of nitrogens with one attached hydrogen (secondary N) is 1. The Hall–Kier alpha value is -4.92. The fourth-order valence-corrected chi connectivity index (χ4v) is 4.59. The van der Waals surface area contributed by atoms with Gasteiger partial charge >= 0.3 is 12.0 Å². The lowest BCUT2D eigenvalue weighted by Gasteiger charge is -2.35. The van der Waals surface area contributed by atoms with Gasteiger partial charge in [-0.1, -0.05) is 60.7 Å². The summed E-state index contributed by atoms with van der Waals surface area (Å²) >= 11 is 0. The number of urea groups is 1. The highest BCUT2D eigenvalue weighted by Crippen LogP contribution is 2.27. The van der Waals surface area contributed by atoms with Crippen LogP contribution in [0.5, 0.6) is 0 Å². The number of carboxylic acids is 1. The zero-order valence-electron chi connectivity index (χ0n) is 20.0. The molecule has 2 heterocycles. The van der Waals surface area contributed by atoms with Crippen molar-refractivity contribution < 1.29 is 24.3 Å². The Kier molecular flexibility index (Phi) is 6.19. The fourth-order valence-electron chi connectivity index (χ4n) is 4.59. The number of amides is 4. The normalized spacial score (nSPS) is 13.5. The molecule has 0 fully saturated rings. The molecule has 0 unspecified atom stereocenters. The molecule has 0 aliphatic carbocycles. The van der Waals surface area contributed by atoms with E-state index in [9.17, 15) is 24.3 Å². The zero-order valence-corrected chi connectivity index (χ0v) is 20.0. The number of carboxylic acid groups (broad SMARTS) is 1. The van der Waals surface area contributed by atoms with Crippen LogP contribution < -0.4 is 0 Å². The van der Waals surface area contributed by atoms with Crippen molar-refractivity contribution in [3.8, 4) is 0 Å². The molecule has 4 amide bonds. The summed E-state index contributed by atoms with van der Waals surface area (Å²) in [6, 6.07) is 20.7. The van der Waals surface area contributed by atoms with E-state index in [0.717, 1.165) is 31.4 Å². The molecule has 1 aromatic heterocycles. The summed E-state index contributed by atoms with van der Waals surface area (Å²) in [4.78, 5) is 56.9. The smallest absolute Gasteiger partial charge is 0.340 e. The average molecular weight is 497 g/mol. The van der Waals surface area contributed by atoms with Gasteiger partial charge in [-0.3, -0.25) is 9.59 Å². The number of aromatic amines is 1. The molecule has 9 heteroatoms. The van der Waals surface area contributed by atoms with Gasteiger partial charge in [0.15, 0.2) is 0 Å². The molecule has 0 saturated heterocycles. The number of H-pyrrole nitrogens is 1. The molecule has 37 heavy (non-hydrogen) atoms. The second-order valence-corrected chi connectivity index (χ2v) is 8.82. The standard InChI is InChI=1S/C28H24N4O5/c1-30(24(27(35)36)15-19-16-29-23-14-8-7-11-20(19)23)28(37)31(17-18-9-3-2-4-10-18)32-25(33)21-12-5-6-13-22(21)26(32)34/h2-14,16,24,29H,15,17H2,1H3,(H,35,36)/t24-/m0/s1. The van der Waals surface area contributed by atoms with E-state index < -0.39 is 29.9 Å². The van der Waals surface area contributed by atoms with Crippen LogP contribution in [0.1, 0.15) is 31.8 Å². The average Bonchev–Trinajstić information content (AvgIpc) is 3.44. The van der Waals surface area contributed by atoms with Crippen molar-refractivity contribution in [1.82, 2.24) is 19.9 Å². The Morgan fingerprint density at radius 2 is 1.49 bits per heavy atom. The Balaban J connectivity index is 1.49. The Morgan fingerprint density at radius 1 is 0.892 bits per heavy atom. The lowest BCUT2D eigenvalue weighted by Crippen LogP contribution is -2.56. The number of rotatable bonds is 7. The molecule has 0 radical (unpaired) electrons. The van der Waals surface area contributed by atoms with E-state index in [4.69, 9.17) is 0 Å². The first-order valence-corrected chi connectivity index (χ1v) is 11.7. The number of hydrazine groups is 1. The highest BCUT2D eigenvalue weighted by molar-refractivity contribution is 6.21. The van der Waals surface area contributed by atoms with Crippen LogP contribution in [0.3, 0.4) is 0 Å². The lowest BCUT2D eigenvalue weighted by atomic mass is 10.0. The van der Waals surface area contributed by atoms with Gasteiger partial charge in [-0.05, 0) is 29.3 Å². The van der Waals surface area contributed by atoms with E-state index in [1.807, 2.05) is 30.3 Å². The van der Waals surface area contributed by atoms with Gasteiger partial charge in [0.25, 0.3) is 11.8 Å². The molecular weight excluding hydrogens is 472 g/mol. The predicted molar refractivity (Wildman–Crippen MR) is 136 cm³/mol. The number of hydrogen-bond acceptors (Lipinski definition) is 4. The van der Waals surface area contributed by atoms with E-state index in [-0.39, 0.29) is 24.1 Å². The molecule has 0 spiro atoms. The van der Waals surface area contributed by atoms with Gasteiger partial charge in [-0.25, -0.2) is 14.6 Å². The number of aromatic nitrogens is 1. The Bertz CT molecular complexity index is 1480. The second kappa shape index (κ2) is 9.62. The van der Waals surface area contributed by atoms with Crippen LogP contribution in [0.15, 0.2) is 85.1 Å². The number of hydrogen-bond donors (Lipinski definition) is 2. The van der Waals surface area contributed by atoms with Crippen molar-refractivity contribution >= 4 is 34.7 Å². The summed E-state index contributed by atoms with van der Waals surface area (Å²) in [5, 5.41) is 12.8. The number of carbonyl (C=O) groups excluding carboxylic acids is 3. The first kappa shape index (κ1) is 23.8. The monoisotopic (exact) mass is 496 g/mol. The molecule has 0 bridgehead atoms. The summed E-state index contributed by atoms with van der Waals surface area (Å²) in [6.45, 7) is -0.102. The van der Waals surface area contributed by atoms with Crippen LogP contribution in [0, 0.1) is 0 Å². The summed E-state index contributed by atoms with van der Waals surface area (Å²) in [6.07, 6.45) is 1.76. The topological polar surface area (TPSA) is 114 Å². The number of likely N-dealkylation sites (N-methyl/N-ethyl adjacent to an activating group) is 1. The molecule has 3 aromatic carbocycles. The summed E-state index contributed by atoms with van der Waals surface area (Å²) in [5.41, 5.74) is 2.64. The minimum Gasteiger partial charge on any atom is -0.480 e. The van der Waals surface area contributed by atoms with Crippen molar-refractivity contribution in [2.45, 2.75) is 19.0 Å². The molecule has 9 nitrogen and oxygen atoms in total. The maximum absolute atomic E-state index is 13.8. The zero-order chi connectivity index (χ0) is 26.1. The number of aliphatic carboxylic acids is 1. The van der Waals surface area contributed by atoms with Gasteiger partial charge in [0.2, 0.25) is 0 Å². The largest absolute Gasteiger partial charge is 0.480 e. The van der Waals surface area contributed by atoms with Gasteiger partial charge in [0.1, 0.15) is 6.04 Å². The fraction of sp³-hybridized carbons (Fsp3) is 0.143. The number of carbonyl (C=O) groups is 4. The quantitative estimate of drug-likeness (QED) is 0.377. The van der Waals surface area contributed by atoms with Crippen LogP contribution in [0.2, 0.25) is 0 Å². The maximum Gasteiger partial charge on any atom is 0.340 e. The van der Waals surface area contributed by atoms with Crippen LogP contribution in [-0.2, 0) is 17.8 Å². The molecule has 4 aromatic rings. The van der Waals surface area contributed by atoms with Crippen LogP contribution >= 0.6 is 0 Å². The summed E-state index contributed by atoms with van der Waals surface area (Å²) in [5.74, 6) is -2.48. The van der Waals surface area contributed by atoms with Crippen molar-refractivity contribution in [2.75, 3.05) is 7.05 Å². The Morgan fingerprint density at radius 3 is 2.14 bits per heavy atom. The molecule has 186 valence electrons. The maximum atomic E-state index is 13.8. The van der Waals surface area contributed by atoms with E-state index in [1.54, 1.807) is 42.6 Å². The molecule has 0 saturated carbocycles. The third-order valence-electron chi connectivity index (χ3n) is 6.55. The predicted octanol–water partition coefficient (Wildman–Crippen LogP) is 3.93. The molecule has 2 N–H and O–H groups in total. The summed E-state index contributed by atoms with van der Waals surface area (Å²) in [7, 11) is 1.37. The molecule has 1 atom stereocenters. The lowest BCUT2D eigenvalue weighted by molar-refractivity contribution is -0.142. The number of benzene rings is 3. The second-order valence-electron chi connectivity index (χ2n) is 8.82. The van der Waals surface area contributed by atoms with Gasteiger partial charge in [-0.2, -0.15) is 5.01 Å². The summed E-state index contributed by atoms with van der Waals surface area (Å²) < 4.78 is 0. The molecular formula is C28H24N4O5. The number of fused-ring (bicyclic) bond motifs is 2. The minimum absolute atomic E-state index is 0.0306. The van der Waals surface area contributed by atoms with Crippen LogP contribution in [-0.4, -0.2) is 61.9 Å². The van der Waals surface area contributed by atoms with E-state index in [0.29, 0.717) is 5.56 Å². The van der Waals surface area contributed by atoms with Crippen molar-refractivity contribution in [3.05, 3.63) is 107 Å². The SMILES string of the molecule is CN(C(=O)N(Cc1ccccc1)N1C(=O)c2ccccc2C1=O)[C@@H](Cc1c[nH]c2ccccc12)C(=O)O. The molecule has 1 aliphatic rings. The highest BCUT2D eigenvalue weighted by Gasteiger charge is 2.43.